The van der Waals surface area contributed by atoms with Crippen molar-refractivity contribution in [2.24, 2.45) is 0 Å². The van der Waals surface area contributed by atoms with Crippen molar-refractivity contribution in [3.05, 3.63) is 45.8 Å². The van der Waals surface area contributed by atoms with Gasteiger partial charge in [0.15, 0.2) is 0 Å². The van der Waals surface area contributed by atoms with Crippen LogP contribution in [0.5, 0.6) is 0 Å². The van der Waals surface area contributed by atoms with Crippen LogP contribution in [0.4, 0.5) is 10.6 Å². The Balaban J connectivity index is 1.61. The van der Waals surface area contributed by atoms with Crippen LogP contribution in [-0.2, 0) is 11.3 Å². The van der Waals surface area contributed by atoms with Crippen LogP contribution in [0.1, 0.15) is 29.5 Å². The third-order valence-electron chi connectivity index (χ3n) is 3.84. The number of halogens is 1. The Labute approximate surface area is 149 Å². The number of carbonyl (C=O) groups excluding carboxylic acids is 1. The third kappa shape index (κ3) is 3.91. The van der Waals surface area contributed by atoms with Gasteiger partial charge in [-0.3, -0.25) is 10.00 Å². The van der Waals surface area contributed by atoms with E-state index in [0.717, 1.165) is 33.6 Å². The van der Waals surface area contributed by atoms with Gasteiger partial charge < -0.3 is 10.1 Å². The zero-order chi connectivity index (χ0) is 16.9. The van der Waals surface area contributed by atoms with E-state index in [1.807, 2.05) is 18.2 Å². The molecule has 1 atom stereocenters. The van der Waals surface area contributed by atoms with Crippen LogP contribution >= 0.6 is 22.9 Å². The largest absolute Gasteiger partial charge is 0.445 e. The van der Waals surface area contributed by atoms with Crippen molar-refractivity contribution in [2.45, 2.75) is 25.4 Å². The van der Waals surface area contributed by atoms with Gasteiger partial charge in [-0.2, -0.15) is 5.10 Å². The normalized spacial score (nSPS) is 17.0. The number of likely N-dealkylation sites (tertiary alicyclic amines) is 1. The Kier molecular flexibility index (Phi) is 5.42. The smallest absolute Gasteiger partial charge is 0.410 e. The number of carbonyl (C=O) groups is 1. The summed E-state index contributed by atoms with van der Waals surface area (Å²) in [5, 5.41) is 10.6. The summed E-state index contributed by atoms with van der Waals surface area (Å²) in [6, 6.07) is 5.78. The number of H-pyrrole nitrogens is 1. The highest BCUT2D eigenvalue weighted by Crippen LogP contribution is 2.32. The molecule has 0 spiro atoms. The van der Waals surface area contributed by atoms with E-state index in [1.54, 1.807) is 11.0 Å². The van der Waals surface area contributed by atoms with Crippen molar-refractivity contribution in [3.63, 3.8) is 0 Å². The van der Waals surface area contributed by atoms with Gasteiger partial charge in [-0.15, -0.1) is 11.3 Å². The molecule has 3 rings (SSSR count). The first-order chi connectivity index (χ1) is 11.7. The van der Waals surface area contributed by atoms with Gasteiger partial charge in [0, 0.05) is 17.5 Å². The minimum absolute atomic E-state index is 0.0263. The maximum atomic E-state index is 12.1. The standard InChI is InChI=1S/C16H19ClN4O2S/c1-2-8-23-16(22)21-7-3-4-13(21)12-9-15(20-19-12)18-10-11-5-6-14(17)24-11/h2,5-6,9,13H,1,3-4,7-8,10H2,(H2,18,19,20). The maximum Gasteiger partial charge on any atom is 0.410 e. The molecule has 0 saturated carbocycles. The van der Waals surface area contributed by atoms with E-state index in [2.05, 4.69) is 22.1 Å². The van der Waals surface area contributed by atoms with E-state index in [0.29, 0.717) is 13.1 Å². The molecule has 1 saturated heterocycles. The monoisotopic (exact) mass is 366 g/mol. The Hall–Kier alpha value is -1.99. The van der Waals surface area contributed by atoms with E-state index >= 15 is 0 Å². The van der Waals surface area contributed by atoms with Crippen molar-refractivity contribution in [2.75, 3.05) is 18.5 Å². The Morgan fingerprint density at radius 3 is 3.25 bits per heavy atom. The molecule has 6 nitrogen and oxygen atoms in total. The number of anilines is 1. The van der Waals surface area contributed by atoms with Gasteiger partial charge >= 0.3 is 6.09 Å². The predicted molar refractivity (Wildman–Crippen MR) is 95.5 cm³/mol. The van der Waals surface area contributed by atoms with Crippen molar-refractivity contribution >= 4 is 34.8 Å². The Bertz CT molecular complexity index is 715. The lowest BCUT2D eigenvalue weighted by Crippen LogP contribution is -2.31. The number of nitrogens with one attached hydrogen (secondary N) is 2. The lowest BCUT2D eigenvalue weighted by molar-refractivity contribution is 0.107. The average molecular weight is 367 g/mol. The molecule has 1 aliphatic rings. The van der Waals surface area contributed by atoms with E-state index in [4.69, 9.17) is 16.3 Å². The number of aromatic nitrogens is 2. The molecule has 2 N–H and O–H groups in total. The highest BCUT2D eigenvalue weighted by molar-refractivity contribution is 7.16. The molecule has 2 aromatic rings. The minimum Gasteiger partial charge on any atom is -0.445 e. The molecule has 1 fully saturated rings. The van der Waals surface area contributed by atoms with E-state index in [9.17, 15) is 4.79 Å². The first kappa shape index (κ1) is 16.9. The summed E-state index contributed by atoms with van der Waals surface area (Å²) in [7, 11) is 0. The number of nitrogens with zero attached hydrogens (tertiary/aromatic N) is 2. The number of rotatable bonds is 6. The fraction of sp³-hybridized carbons (Fsp3) is 0.375. The molecule has 0 aromatic carbocycles. The van der Waals surface area contributed by atoms with Gasteiger partial charge in [0.25, 0.3) is 0 Å². The van der Waals surface area contributed by atoms with Gasteiger partial charge in [-0.25, -0.2) is 4.79 Å². The highest BCUT2D eigenvalue weighted by Gasteiger charge is 2.32. The molecule has 0 aliphatic carbocycles. The molecule has 8 heteroatoms. The van der Waals surface area contributed by atoms with Gasteiger partial charge in [-0.1, -0.05) is 24.3 Å². The maximum absolute atomic E-state index is 12.1. The molecule has 1 aliphatic heterocycles. The van der Waals surface area contributed by atoms with Crippen molar-refractivity contribution < 1.29 is 9.53 Å². The summed E-state index contributed by atoms with van der Waals surface area (Å²) >= 11 is 7.47. The van der Waals surface area contributed by atoms with Crippen LogP contribution in [0.3, 0.4) is 0 Å². The molecular formula is C16H19ClN4O2S. The molecular weight excluding hydrogens is 348 g/mol. The van der Waals surface area contributed by atoms with Crippen LogP contribution in [0, 0.1) is 0 Å². The predicted octanol–water partition coefficient (Wildman–Crippen LogP) is 4.20. The number of hydrogen-bond donors (Lipinski definition) is 2. The number of ether oxygens (including phenoxy) is 1. The number of amides is 1. The van der Waals surface area contributed by atoms with Gasteiger partial charge in [0.2, 0.25) is 0 Å². The van der Waals surface area contributed by atoms with E-state index < -0.39 is 0 Å². The molecule has 24 heavy (non-hydrogen) atoms. The quantitative estimate of drug-likeness (QED) is 0.752. The van der Waals surface area contributed by atoms with Crippen molar-refractivity contribution in [3.8, 4) is 0 Å². The summed E-state index contributed by atoms with van der Waals surface area (Å²) in [6.07, 6.45) is 3.10. The number of thiophene rings is 1. The topological polar surface area (TPSA) is 70.2 Å². The second kappa shape index (κ2) is 7.72. The Morgan fingerprint density at radius 2 is 2.50 bits per heavy atom. The number of hydrogen-bond acceptors (Lipinski definition) is 5. The van der Waals surface area contributed by atoms with Crippen molar-refractivity contribution in [1.29, 1.82) is 0 Å². The summed E-state index contributed by atoms with van der Waals surface area (Å²) < 4.78 is 5.92. The molecule has 1 amide bonds. The van der Waals surface area contributed by atoms with Crippen LogP contribution < -0.4 is 5.32 Å². The zero-order valence-corrected chi connectivity index (χ0v) is 14.7. The fourth-order valence-corrected chi connectivity index (χ4v) is 3.77. The lowest BCUT2D eigenvalue weighted by atomic mass is 10.1. The molecule has 1 unspecified atom stereocenters. The lowest BCUT2D eigenvalue weighted by Gasteiger charge is -2.22. The van der Waals surface area contributed by atoms with Gasteiger partial charge in [0.05, 0.1) is 22.6 Å². The second-order valence-corrected chi connectivity index (χ2v) is 7.28. The first-order valence-electron chi connectivity index (χ1n) is 7.75. The summed E-state index contributed by atoms with van der Waals surface area (Å²) in [4.78, 5) is 15.0. The zero-order valence-electron chi connectivity index (χ0n) is 13.1. The number of aromatic amines is 1. The Morgan fingerprint density at radius 1 is 1.62 bits per heavy atom. The molecule has 0 bridgehead atoms. The minimum atomic E-state index is -0.310. The third-order valence-corrected chi connectivity index (χ3v) is 5.07. The highest BCUT2D eigenvalue weighted by atomic mass is 35.5. The molecule has 128 valence electrons. The van der Waals surface area contributed by atoms with E-state index in [1.165, 1.54) is 11.3 Å². The summed E-state index contributed by atoms with van der Waals surface area (Å²) in [5.41, 5.74) is 0.912. The van der Waals surface area contributed by atoms with Crippen molar-refractivity contribution in [1.82, 2.24) is 15.1 Å². The molecule has 0 radical (unpaired) electrons. The first-order valence-corrected chi connectivity index (χ1v) is 8.94. The SMILES string of the molecule is C=CCOC(=O)N1CCCC1c1cc(NCc2ccc(Cl)s2)n[nH]1. The van der Waals surface area contributed by atoms with Crippen LogP contribution in [-0.4, -0.2) is 34.3 Å². The summed E-state index contributed by atoms with van der Waals surface area (Å²) in [5.74, 6) is 0.751. The molecule has 3 heterocycles. The van der Waals surface area contributed by atoms with Crippen LogP contribution in [0.15, 0.2) is 30.9 Å². The average Bonchev–Trinajstić information content (AvgIpc) is 3.30. The van der Waals surface area contributed by atoms with Crippen LogP contribution in [0.25, 0.3) is 0 Å². The van der Waals surface area contributed by atoms with Crippen LogP contribution in [0.2, 0.25) is 4.34 Å². The van der Waals surface area contributed by atoms with Gasteiger partial charge in [-0.05, 0) is 25.0 Å². The second-order valence-electron chi connectivity index (χ2n) is 5.48. The summed E-state index contributed by atoms with van der Waals surface area (Å²) in [6.45, 7) is 5.14. The fourth-order valence-electron chi connectivity index (χ4n) is 2.74. The van der Waals surface area contributed by atoms with Gasteiger partial charge in [0.1, 0.15) is 12.4 Å². The van der Waals surface area contributed by atoms with E-state index in [-0.39, 0.29) is 18.7 Å². The molecule has 2 aromatic heterocycles.